The molecule has 1 aromatic rings. The molecule has 7 heteroatoms. The zero-order valence-corrected chi connectivity index (χ0v) is 13.1. The summed E-state index contributed by atoms with van der Waals surface area (Å²) in [5, 5.41) is 3.85. The zero-order chi connectivity index (χ0) is 14.7. The van der Waals surface area contributed by atoms with Gasteiger partial charge in [0.05, 0.1) is 0 Å². The monoisotopic (exact) mass is 309 g/mol. The highest BCUT2D eigenvalue weighted by Crippen LogP contribution is 2.30. The summed E-state index contributed by atoms with van der Waals surface area (Å²) in [5.41, 5.74) is 5.91. The maximum absolute atomic E-state index is 12.2. The first-order chi connectivity index (χ1) is 10.2. The molecule has 3 rings (SSSR count). The fraction of sp³-hybridized carbons (Fsp3) is 0.714. The number of likely N-dealkylation sites (tertiary alicyclic amines) is 1. The number of rotatable bonds is 5. The molecule has 0 atom stereocenters. The minimum Gasteiger partial charge on any atom is -0.382 e. The molecule has 6 nitrogen and oxygen atoms in total. The van der Waals surface area contributed by atoms with Crippen LogP contribution in [0.1, 0.15) is 35.4 Å². The first-order valence-electron chi connectivity index (χ1n) is 7.76. The summed E-state index contributed by atoms with van der Waals surface area (Å²) in [7, 11) is 0. The van der Waals surface area contributed by atoms with Gasteiger partial charge < -0.3 is 20.9 Å². The van der Waals surface area contributed by atoms with Crippen molar-refractivity contribution in [2.75, 3.05) is 49.9 Å². The summed E-state index contributed by atoms with van der Waals surface area (Å²) in [6.07, 6.45) is 4.93. The Balaban J connectivity index is 1.53. The van der Waals surface area contributed by atoms with Crippen molar-refractivity contribution in [2.45, 2.75) is 25.7 Å². The third-order valence-corrected chi connectivity index (χ3v) is 5.27. The molecule has 0 aliphatic carbocycles. The van der Waals surface area contributed by atoms with Crippen molar-refractivity contribution in [1.29, 1.82) is 0 Å². The third-order valence-electron chi connectivity index (χ3n) is 4.14. The number of amides is 1. The van der Waals surface area contributed by atoms with E-state index in [4.69, 9.17) is 5.73 Å². The van der Waals surface area contributed by atoms with Crippen LogP contribution in [0.2, 0.25) is 0 Å². The lowest BCUT2D eigenvalue weighted by atomic mass is 10.4. The molecule has 0 unspecified atom stereocenters. The van der Waals surface area contributed by atoms with Crippen LogP contribution in [0, 0.1) is 0 Å². The van der Waals surface area contributed by atoms with Crippen molar-refractivity contribution in [3.05, 3.63) is 4.88 Å². The van der Waals surface area contributed by atoms with Crippen LogP contribution in [0.3, 0.4) is 0 Å². The highest BCUT2D eigenvalue weighted by molar-refractivity contribution is 7.18. The van der Waals surface area contributed by atoms with Crippen molar-refractivity contribution < 1.29 is 4.79 Å². The van der Waals surface area contributed by atoms with Crippen molar-refractivity contribution >= 4 is 28.2 Å². The maximum atomic E-state index is 12.2. The predicted octanol–water partition coefficient (Wildman–Crippen LogP) is 1.15. The average Bonchev–Trinajstić information content (AvgIpc) is 3.19. The van der Waals surface area contributed by atoms with E-state index >= 15 is 0 Å². The molecule has 1 aromatic heterocycles. The smallest absolute Gasteiger partial charge is 0.265 e. The summed E-state index contributed by atoms with van der Waals surface area (Å²) < 4.78 is 0. The van der Waals surface area contributed by atoms with Gasteiger partial charge in [0, 0.05) is 26.2 Å². The van der Waals surface area contributed by atoms with Gasteiger partial charge in [-0.1, -0.05) is 11.3 Å². The van der Waals surface area contributed by atoms with Crippen LogP contribution >= 0.6 is 11.3 Å². The molecule has 0 spiro atoms. The second-order valence-electron chi connectivity index (χ2n) is 5.71. The Labute approximate surface area is 129 Å². The Hall–Kier alpha value is -1.34. The molecule has 2 saturated heterocycles. The normalized spacial score (nSPS) is 19.3. The lowest BCUT2D eigenvalue weighted by Crippen LogP contribution is -2.33. The summed E-state index contributed by atoms with van der Waals surface area (Å²) >= 11 is 1.41. The molecule has 3 N–H and O–H groups in total. The van der Waals surface area contributed by atoms with Crippen molar-refractivity contribution in [2.24, 2.45) is 0 Å². The Kier molecular flexibility index (Phi) is 4.60. The molecular weight excluding hydrogens is 286 g/mol. The Bertz CT molecular complexity index is 492. The highest BCUT2D eigenvalue weighted by Gasteiger charge is 2.21. The van der Waals surface area contributed by atoms with E-state index in [1.165, 1.54) is 37.0 Å². The third kappa shape index (κ3) is 3.47. The van der Waals surface area contributed by atoms with E-state index in [9.17, 15) is 4.79 Å². The van der Waals surface area contributed by atoms with Crippen LogP contribution in [0.15, 0.2) is 0 Å². The number of nitrogens with zero attached hydrogens (tertiary/aromatic N) is 3. The second kappa shape index (κ2) is 6.62. The van der Waals surface area contributed by atoms with Gasteiger partial charge in [0.1, 0.15) is 10.7 Å². The molecule has 0 bridgehead atoms. The SMILES string of the molecule is Nc1nc(N2CCCC2)sc1C(=O)NCCN1CCCC1. The van der Waals surface area contributed by atoms with E-state index in [2.05, 4.69) is 20.1 Å². The van der Waals surface area contributed by atoms with E-state index in [0.29, 0.717) is 17.2 Å². The largest absolute Gasteiger partial charge is 0.382 e. The highest BCUT2D eigenvalue weighted by atomic mass is 32.1. The maximum Gasteiger partial charge on any atom is 0.265 e. The summed E-state index contributed by atoms with van der Waals surface area (Å²) in [5.74, 6) is 0.273. The molecule has 2 aliphatic heterocycles. The first-order valence-corrected chi connectivity index (χ1v) is 8.57. The molecule has 0 aromatic carbocycles. The number of hydrogen-bond donors (Lipinski definition) is 2. The van der Waals surface area contributed by atoms with Crippen LogP contribution in [0.4, 0.5) is 10.9 Å². The van der Waals surface area contributed by atoms with Crippen LogP contribution < -0.4 is 16.0 Å². The minimum atomic E-state index is -0.0883. The zero-order valence-electron chi connectivity index (χ0n) is 12.3. The van der Waals surface area contributed by atoms with Gasteiger partial charge in [0.15, 0.2) is 5.13 Å². The van der Waals surface area contributed by atoms with Gasteiger partial charge in [-0.25, -0.2) is 4.98 Å². The number of aromatic nitrogens is 1. The number of anilines is 2. The van der Waals surface area contributed by atoms with Crippen molar-refractivity contribution in [3.63, 3.8) is 0 Å². The predicted molar refractivity (Wildman–Crippen MR) is 86.0 cm³/mol. The van der Waals surface area contributed by atoms with E-state index in [-0.39, 0.29) is 5.91 Å². The van der Waals surface area contributed by atoms with Gasteiger partial charge in [0.25, 0.3) is 5.91 Å². The van der Waals surface area contributed by atoms with Gasteiger partial charge in [0.2, 0.25) is 0 Å². The van der Waals surface area contributed by atoms with Crippen molar-refractivity contribution in [1.82, 2.24) is 15.2 Å². The molecule has 2 fully saturated rings. The number of hydrogen-bond acceptors (Lipinski definition) is 6. The molecule has 116 valence electrons. The lowest BCUT2D eigenvalue weighted by molar-refractivity contribution is 0.0954. The number of nitrogen functional groups attached to an aromatic ring is 1. The summed E-state index contributed by atoms with van der Waals surface area (Å²) in [6.45, 7) is 5.93. The number of nitrogens with one attached hydrogen (secondary N) is 1. The molecule has 0 radical (unpaired) electrons. The Morgan fingerprint density at radius 3 is 2.57 bits per heavy atom. The molecule has 1 amide bonds. The average molecular weight is 309 g/mol. The quantitative estimate of drug-likeness (QED) is 0.853. The van der Waals surface area contributed by atoms with Crippen LogP contribution in [0.25, 0.3) is 0 Å². The van der Waals surface area contributed by atoms with Gasteiger partial charge in [-0.3, -0.25) is 4.79 Å². The van der Waals surface area contributed by atoms with Gasteiger partial charge >= 0.3 is 0 Å². The Morgan fingerprint density at radius 1 is 1.19 bits per heavy atom. The first kappa shape index (κ1) is 14.6. The van der Waals surface area contributed by atoms with Gasteiger partial charge in [-0.05, 0) is 38.8 Å². The summed E-state index contributed by atoms with van der Waals surface area (Å²) in [4.78, 5) is 21.7. The van der Waals surface area contributed by atoms with E-state index in [1.807, 2.05) is 0 Å². The van der Waals surface area contributed by atoms with E-state index in [1.54, 1.807) is 0 Å². The van der Waals surface area contributed by atoms with Gasteiger partial charge in [-0.15, -0.1) is 0 Å². The van der Waals surface area contributed by atoms with E-state index in [0.717, 1.165) is 37.9 Å². The second-order valence-corrected chi connectivity index (χ2v) is 6.69. The molecule has 2 aliphatic rings. The van der Waals surface area contributed by atoms with Gasteiger partial charge in [-0.2, -0.15) is 0 Å². The molecule has 21 heavy (non-hydrogen) atoms. The standard InChI is InChI=1S/C14H23N5OS/c15-12-11(21-14(17-12)19-8-3-4-9-19)13(20)16-5-10-18-6-1-2-7-18/h1-10,15H2,(H,16,20). The topological polar surface area (TPSA) is 74.5 Å². The van der Waals surface area contributed by atoms with Crippen LogP contribution in [0.5, 0.6) is 0 Å². The summed E-state index contributed by atoms with van der Waals surface area (Å²) in [6, 6.07) is 0. The fourth-order valence-electron chi connectivity index (χ4n) is 2.94. The number of nitrogens with two attached hydrogens (primary N) is 1. The molecule has 0 saturated carbocycles. The van der Waals surface area contributed by atoms with Crippen molar-refractivity contribution in [3.8, 4) is 0 Å². The van der Waals surface area contributed by atoms with Crippen LogP contribution in [-0.4, -0.2) is 55.1 Å². The number of carbonyl (C=O) groups excluding carboxylic acids is 1. The number of carbonyl (C=O) groups is 1. The lowest BCUT2D eigenvalue weighted by Gasteiger charge is -2.14. The molecule has 3 heterocycles. The van der Waals surface area contributed by atoms with Crippen LogP contribution in [-0.2, 0) is 0 Å². The van der Waals surface area contributed by atoms with E-state index < -0.39 is 0 Å². The number of thiazole rings is 1. The Morgan fingerprint density at radius 2 is 1.86 bits per heavy atom. The minimum absolute atomic E-state index is 0.0883. The fourth-order valence-corrected chi connectivity index (χ4v) is 3.89. The molecular formula is C14H23N5OS.